The van der Waals surface area contributed by atoms with Crippen LogP contribution in [-0.2, 0) is 16.3 Å². The van der Waals surface area contributed by atoms with Crippen molar-refractivity contribution in [1.29, 1.82) is 0 Å². The van der Waals surface area contributed by atoms with Gasteiger partial charge in [-0.05, 0) is 59.9 Å². The summed E-state index contributed by atoms with van der Waals surface area (Å²) in [5.74, 6) is -0.684. The molecule has 3 N–H and O–H groups in total. The number of carbonyl (C=O) groups is 1. The molecule has 4 rings (SSSR count). The number of amides is 1. The van der Waals surface area contributed by atoms with E-state index in [0.717, 1.165) is 28.1 Å². The monoisotopic (exact) mass is 560 g/mol. The highest BCUT2D eigenvalue weighted by Crippen LogP contribution is 2.42. The van der Waals surface area contributed by atoms with Gasteiger partial charge >= 0.3 is 0 Å². The minimum Gasteiger partial charge on any atom is -0.393 e. The standard InChI is InChI=1S/C33H37FN2O5/c1-22(2)31-30(33(39)35-26-12-8-5-9-13-26)29(23-10-6-4-7-11-23)32(24-14-16-25(34)17-15-24)36(31)19-18-27(37)20-28(38)21-41-40-3/h4-17,22,27-28,37-38H,18-21H2,1-3H3,(H,35,39)/t27-,28-/m0/s1. The van der Waals surface area contributed by atoms with Crippen molar-refractivity contribution >= 4 is 11.6 Å². The van der Waals surface area contributed by atoms with Gasteiger partial charge in [-0.15, -0.1) is 0 Å². The topological polar surface area (TPSA) is 93.0 Å². The Bertz CT molecular complexity index is 1410. The lowest BCUT2D eigenvalue weighted by Crippen LogP contribution is -2.24. The number of para-hydroxylation sites is 1. The van der Waals surface area contributed by atoms with Gasteiger partial charge < -0.3 is 20.1 Å². The first kappa shape index (κ1) is 30.1. The summed E-state index contributed by atoms with van der Waals surface area (Å²) >= 11 is 0. The molecule has 1 amide bonds. The molecule has 0 fully saturated rings. The van der Waals surface area contributed by atoms with Gasteiger partial charge in [-0.2, -0.15) is 0 Å². The van der Waals surface area contributed by atoms with Crippen LogP contribution in [0.5, 0.6) is 0 Å². The molecule has 0 aliphatic carbocycles. The first-order valence-corrected chi connectivity index (χ1v) is 13.8. The van der Waals surface area contributed by atoms with Crippen LogP contribution in [0.15, 0.2) is 84.9 Å². The maximum absolute atomic E-state index is 14.1. The zero-order valence-electron chi connectivity index (χ0n) is 23.6. The number of aliphatic hydroxyl groups excluding tert-OH is 2. The van der Waals surface area contributed by atoms with Gasteiger partial charge in [0.1, 0.15) is 12.4 Å². The second-order valence-corrected chi connectivity index (χ2v) is 10.3. The summed E-state index contributed by atoms with van der Waals surface area (Å²) in [6.07, 6.45) is -1.33. The van der Waals surface area contributed by atoms with Gasteiger partial charge in [0.15, 0.2) is 0 Å². The van der Waals surface area contributed by atoms with Crippen LogP contribution in [0.25, 0.3) is 22.4 Å². The van der Waals surface area contributed by atoms with Gasteiger partial charge in [-0.25, -0.2) is 14.2 Å². The zero-order valence-corrected chi connectivity index (χ0v) is 23.6. The smallest absolute Gasteiger partial charge is 0.258 e. The molecule has 0 saturated heterocycles. The highest BCUT2D eigenvalue weighted by Gasteiger charge is 2.30. The maximum Gasteiger partial charge on any atom is 0.258 e. The lowest BCUT2D eigenvalue weighted by molar-refractivity contribution is -0.285. The summed E-state index contributed by atoms with van der Waals surface area (Å²) in [7, 11) is 1.36. The molecule has 7 nitrogen and oxygen atoms in total. The maximum atomic E-state index is 14.1. The van der Waals surface area contributed by atoms with Crippen LogP contribution in [0.4, 0.5) is 10.1 Å². The summed E-state index contributed by atoms with van der Waals surface area (Å²) < 4.78 is 16.1. The van der Waals surface area contributed by atoms with Crippen molar-refractivity contribution in [2.24, 2.45) is 0 Å². The summed E-state index contributed by atoms with van der Waals surface area (Å²) in [5, 5.41) is 24.1. The minimum absolute atomic E-state index is 0.0584. The van der Waals surface area contributed by atoms with Crippen LogP contribution in [0.3, 0.4) is 0 Å². The third-order valence-corrected chi connectivity index (χ3v) is 6.90. The Kier molecular flexibility index (Phi) is 10.4. The summed E-state index contributed by atoms with van der Waals surface area (Å²) in [4.78, 5) is 23.4. The molecule has 0 bridgehead atoms. The molecular weight excluding hydrogens is 523 g/mol. The molecule has 2 atom stereocenters. The molecule has 216 valence electrons. The Morgan fingerprint density at radius 2 is 1.54 bits per heavy atom. The van der Waals surface area contributed by atoms with Crippen LogP contribution < -0.4 is 5.32 Å². The average Bonchev–Trinajstić information content (AvgIpc) is 3.32. The number of hydrogen-bond donors (Lipinski definition) is 3. The molecule has 1 aromatic heterocycles. The van der Waals surface area contributed by atoms with Crippen molar-refractivity contribution < 1.29 is 29.2 Å². The molecule has 0 saturated carbocycles. The lowest BCUT2D eigenvalue weighted by atomic mass is 9.94. The number of aliphatic hydroxyl groups is 2. The predicted octanol–water partition coefficient (Wildman–Crippen LogP) is 6.42. The molecule has 8 heteroatoms. The number of hydrogen-bond acceptors (Lipinski definition) is 5. The summed E-state index contributed by atoms with van der Waals surface area (Å²) in [6, 6.07) is 25.2. The number of carbonyl (C=O) groups excluding carboxylic acids is 1. The molecule has 41 heavy (non-hydrogen) atoms. The number of benzene rings is 3. The lowest BCUT2D eigenvalue weighted by Gasteiger charge is -2.20. The van der Waals surface area contributed by atoms with Crippen LogP contribution in [0.2, 0.25) is 0 Å². The molecule has 0 aliphatic heterocycles. The highest BCUT2D eigenvalue weighted by atomic mass is 19.1. The van der Waals surface area contributed by atoms with Crippen molar-refractivity contribution in [3.8, 4) is 22.4 Å². The second-order valence-electron chi connectivity index (χ2n) is 10.3. The quantitative estimate of drug-likeness (QED) is 0.130. The Hall–Kier alpha value is -3.82. The third kappa shape index (κ3) is 7.48. The molecule has 0 spiro atoms. The van der Waals surface area contributed by atoms with Gasteiger partial charge in [0, 0.05) is 29.9 Å². The van der Waals surface area contributed by atoms with Crippen LogP contribution in [0, 0.1) is 5.82 Å². The van der Waals surface area contributed by atoms with Crippen LogP contribution in [-0.4, -0.2) is 46.6 Å². The van der Waals surface area contributed by atoms with E-state index in [0.29, 0.717) is 24.2 Å². The summed E-state index contributed by atoms with van der Waals surface area (Å²) in [6.45, 7) is 4.35. The Balaban J connectivity index is 1.87. The first-order valence-electron chi connectivity index (χ1n) is 13.8. The molecule has 0 unspecified atom stereocenters. The van der Waals surface area contributed by atoms with Crippen LogP contribution >= 0.6 is 0 Å². The van der Waals surface area contributed by atoms with Gasteiger partial charge in [0.05, 0.1) is 30.6 Å². The van der Waals surface area contributed by atoms with Crippen molar-refractivity contribution in [2.75, 3.05) is 19.0 Å². The van der Waals surface area contributed by atoms with Crippen molar-refractivity contribution in [3.63, 3.8) is 0 Å². The van der Waals surface area contributed by atoms with E-state index in [1.165, 1.54) is 19.2 Å². The largest absolute Gasteiger partial charge is 0.393 e. The van der Waals surface area contributed by atoms with E-state index in [4.69, 9.17) is 4.89 Å². The molecular formula is C33H37FN2O5. The third-order valence-electron chi connectivity index (χ3n) is 6.90. The first-order chi connectivity index (χ1) is 19.8. The van der Waals surface area contributed by atoms with Gasteiger partial charge in [0.2, 0.25) is 0 Å². The fourth-order valence-electron chi connectivity index (χ4n) is 5.13. The number of nitrogens with one attached hydrogen (secondary N) is 1. The fourth-order valence-corrected chi connectivity index (χ4v) is 5.13. The number of anilines is 1. The molecule has 1 heterocycles. The van der Waals surface area contributed by atoms with E-state index >= 15 is 0 Å². The van der Waals surface area contributed by atoms with E-state index in [-0.39, 0.29) is 30.7 Å². The Labute approximate surface area is 240 Å². The fraction of sp³-hybridized carbons (Fsp3) is 0.303. The highest BCUT2D eigenvalue weighted by molar-refractivity contribution is 6.12. The Morgan fingerprint density at radius 1 is 0.902 bits per heavy atom. The number of aromatic nitrogens is 1. The molecule has 3 aromatic carbocycles. The average molecular weight is 561 g/mol. The molecule has 0 radical (unpaired) electrons. The van der Waals surface area contributed by atoms with Crippen molar-refractivity contribution in [3.05, 3.63) is 102 Å². The summed E-state index contributed by atoms with van der Waals surface area (Å²) in [5.41, 5.74) is 5.08. The van der Waals surface area contributed by atoms with Gasteiger partial charge in [-0.1, -0.05) is 62.4 Å². The van der Waals surface area contributed by atoms with E-state index in [1.807, 2.05) is 74.5 Å². The predicted molar refractivity (Wildman–Crippen MR) is 158 cm³/mol. The minimum atomic E-state index is -0.900. The number of halogens is 1. The zero-order chi connectivity index (χ0) is 29.4. The second kappa shape index (κ2) is 14.2. The van der Waals surface area contributed by atoms with E-state index in [2.05, 4.69) is 14.8 Å². The Morgan fingerprint density at radius 3 is 2.15 bits per heavy atom. The van der Waals surface area contributed by atoms with Crippen LogP contribution in [0.1, 0.15) is 48.7 Å². The SMILES string of the molecule is COOC[C@@H](O)C[C@@H](O)CCn1c(-c2ccc(F)cc2)c(-c2ccccc2)c(C(=O)Nc2ccccc2)c1C(C)C. The molecule has 0 aliphatic rings. The van der Waals surface area contributed by atoms with Gasteiger partial charge in [0.25, 0.3) is 5.91 Å². The number of nitrogens with zero attached hydrogens (tertiary/aromatic N) is 1. The normalized spacial score (nSPS) is 12.9. The van der Waals surface area contributed by atoms with Crippen molar-refractivity contribution in [1.82, 2.24) is 4.57 Å². The van der Waals surface area contributed by atoms with E-state index < -0.39 is 12.2 Å². The van der Waals surface area contributed by atoms with Gasteiger partial charge in [-0.3, -0.25) is 4.79 Å². The number of rotatable bonds is 13. The van der Waals surface area contributed by atoms with E-state index in [1.54, 1.807) is 12.1 Å². The van der Waals surface area contributed by atoms with E-state index in [9.17, 15) is 19.4 Å². The van der Waals surface area contributed by atoms with Crippen molar-refractivity contribution in [2.45, 2.75) is 51.4 Å². The molecule has 4 aromatic rings.